The molecule has 0 spiro atoms. The third-order valence-electron chi connectivity index (χ3n) is 3.80. The van der Waals surface area contributed by atoms with Crippen LogP contribution in [0.15, 0.2) is 42.9 Å². The van der Waals surface area contributed by atoms with Crippen molar-refractivity contribution in [2.24, 2.45) is 0 Å². The molecule has 7 nitrogen and oxygen atoms in total. The van der Waals surface area contributed by atoms with Crippen LogP contribution in [0.2, 0.25) is 15.1 Å². The molecule has 4 rings (SSSR count). The normalized spacial score (nSPS) is 11.3. The first-order valence-corrected chi connectivity index (χ1v) is 8.41. The smallest absolute Gasteiger partial charge is 0.157 e. The zero-order valence-corrected chi connectivity index (χ0v) is 15.1. The number of nitrogens with one attached hydrogen (secondary N) is 1. The summed E-state index contributed by atoms with van der Waals surface area (Å²) in [6, 6.07) is 7.92. The maximum Gasteiger partial charge on any atom is 0.157 e. The molecule has 0 amide bonds. The first kappa shape index (κ1) is 17.1. The summed E-state index contributed by atoms with van der Waals surface area (Å²) in [5.41, 5.74) is 1.93. The second kappa shape index (κ2) is 6.46. The molecule has 0 saturated heterocycles. The van der Waals surface area contributed by atoms with Gasteiger partial charge >= 0.3 is 0 Å². The van der Waals surface area contributed by atoms with Crippen LogP contribution in [0, 0.1) is 5.21 Å². The van der Waals surface area contributed by atoms with Crippen molar-refractivity contribution in [3.63, 3.8) is 0 Å². The highest BCUT2D eigenvalue weighted by molar-refractivity contribution is 6.41. The first-order valence-electron chi connectivity index (χ1n) is 7.28. The zero-order chi connectivity index (χ0) is 18.4. The van der Waals surface area contributed by atoms with E-state index >= 15 is 0 Å². The number of imidazole rings is 1. The van der Waals surface area contributed by atoms with Gasteiger partial charge in [0, 0.05) is 5.02 Å². The summed E-state index contributed by atoms with van der Waals surface area (Å²) in [6.07, 6.45) is 3.08. The third-order valence-corrected chi connectivity index (χ3v) is 4.62. The predicted octanol–water partition coefficient (Wildman–Crippen LogP) is 5.28. The highest BCUT2D eigenvalue weighted by Crippen LogP contribution is 2.37. The molecule has 0 aliphatic carbocycles. The number of halogens is 3. The second-order valence-electron chi connectivity index (χ2n) is 5.40. The van der Waals surface area contributed by atoms with Crippen LogP contribution in [-0.2, 0) is 0 Å². The third kappa shape index (κ3) is 2.80. The zero-order valence-electron chi connectivity index (χ0n) is 12.8. The number of rotatable bonds is 3. The maximum atomic E-state index is 11.5. The molecular formula is C16H9Cl3N5O2-. The SMILES string of the molecule is [O-]N(O)c1cccc2nc(Nc3c(Cl)cc(Cl)cc3Cl)c3cncn3c12. The Hall–Kier alpha value is -2.29. The minimum Gasteiger partial charge on any atom is -0.733 e. The first-order chi connectivity index (χ1) is 12.5. The number of fused-ring (bicyclic) bond motifs is 3. The molecule has 0 aliphatic heterocycles. The fourth-order valence-corrected chi connectivity index (χ4v) is 3.62. The van der Waals surface area contributed by atoms with Gasteiger partial charge in [-0.15, -0.1) is 0 Å². The van der Waals surface area contributed by atoms with Crippen LogP contribution < -0.4 is 10.5 Å². The van der Waals surface area contributed by atoms with Crippen molar-refractivity contribution in [1.82, 2.24) is 14.4 Å². The predicted molar refractivity (Wildman–Crippen MR) is 103 cm³/mol. The molecule has 2 aromatic heterocycles. The molecule has 4 aromatic rings. The van der Waals surface area contributed by atoms with E-state index in [0.717, 1.165) is 0 Å². The number of para-hydroxylation sites is 1. The Bertz CT molecular complexity index is 1120. The summed E-state index contributed by atoms with van der Waals surface area (Å²) in [4.78, 5) is 8.63. The summed E-state index contributed by atoms with van der Waals surface area (Å²) >= 11 is 18.4. The highest BCUT2D eigenvalue weighted by Gasteiger charge is 2.15. The van der Waals surface area contributed by atoms with Crippen molar-refractivity contribution in [3.8, 4) is 0 Å². The van der Waals surface area contributed by atoms with Gasteiger partial charge in [0.15, 0.2) is 5.82 Å². The van der Waals surface area contributed by atoms with Gasteiger partial charge in [-0.3, -0.25) is 9.61 Å². The van der Waals surface area contributed by atoms with Gasteiger partial charge in [-0.2, -0.15) is 0 Å². The van der Waals surface area contributed by atoms with Crippen LogP contribution in [-0.4, -0.2) is 19.6 Å². The van der Waals surface area contributed by atoms with Crippen LogP contribution in [0.25, 0.3) is 16.6 Å². The standard InChI is InChI=1S/C16H9Cl3N5O2/c17-8-4-9(18)14(10(19)5-8)22-16-13-6-20-7-23(13)15-11(21-16)2-1-3-12(15)24(25)26/h1-7,25H,(H,21,22)/q-1. The van der Waals surface area contributed by atoms with Crippen LogP contribution in [0.1, 0.15) is 0 Å². The van der Waals surface area contributed by atoms with E-state index in [9.17, 15) is 10.4 Å². The highest BCUT2D eigenvalue weighted by atomic mass is 35.5. The van der Waals surface area contributed by atoms with Crippen molar-refractivity contribution >= 4 is 68.5 Å². The number of benzene rings is 2. The van der Waals surface area contributed by atoms with Gasteiger partial charge in [0.1, 0.15) is 5.52 Å². The van der Waals surface area contributed by atoms with E-state index in [2.05, 4.69) is 15.3 Å². The Balaban J connectivity index is 1.96. The molecule has 2 N–H and O–H groups in total. The van der Waals surface area contributed by atoms with Crippen LogP contribution in [0.3, 0.4) is 0 Å². The van der Waals surface area contributed by atoms with E-state index in [1.807, 2.05) is 0 Å². The second-order valence-corrected chi connectivity index (χ2v) is 6.65. The quantitative estimate of drug-likeness (QED) is 0.448. The molecule has 26 heavy (non-hydrogen) atoms. The summed E-state index contributed by atoms with van der Waals surface area (Å²) in [5.74, 6) is 0.425. The molecule has 0 unspecified atom stereocenters. The Kier molecular flexibility index (Phi) is 4.26. The minimum atomic E-state index is -0.205. The van der Waals surface area contributed by atoms with Crippen molar-refractivity contribution in [2.45, 2.75) is 0 Å². The Morgan fingerprint density at radius 1 is 1.15 bits per heavy atom. The Morgan fingerprint density at radius 3 is 2.58 bits per heavy atom. The van der Waals surface area contributed by atoms with E-state index in [1.165, 1.54) is 12.4 Å². The summed E-state index contributed by atoms with van der Waals surface area (Å²) in [5, 5.41) is 24.8. The van der Waals surface area contributed by atoms with Gasteiger partial charge in [0.05, 0.1) is 45.0 Å². The number of hydrogen-bond donors (Lipinski definition) is 2. The van der Waals surface area contributed by atoms with Crippen LogP contribution >= 0.6 is 34.8 Å². The average molecular weight is 410 g/mol. The largest absolute Gasteiger partial charge is 0.733 e. The molecule has 0 radical (unpaired) electrons. The molecule has 0 atom stereocenters. The van der Waals surface area contributed by atoms with E-state index < -0.39 is 0 Å². The molecule has 0 fully saturated rings. The fourth-order valence-electron chi connectivity index (χ4n) is 2.71. The maximum absolute atomic E-state index is 11.5. The molecule has 0 saturated carbocycles. The molecule has 2 heterocycles. The molecule has 0 aliphatic rings. The van der Waals surface area contributed by atoms with Gasteiger partial charge < -0.3 is 15.8 Å². The molecule has 132 valence electrons. The summed E-state index contributed by atoms with van der Waals surface area (Å²) < 4.78 is 1.64. The molecule has 0 bridgehead atoms. The number of hydrogen-bond acceptors (Lipinski definition) is 6. The Morgan fingerprint density at radius 2 is 1.88 bits per heavy atom. The monoisotopic (exact) mass is 408 g/mol. The van der Waals surface area contributed by atoms with Crippen molar-refractivity contribution < 1.29 is 5.21 Å². The van der Waals surface area contributed by atoms with Gasteiger partial charge in [-0.25, -0.2) is 9.97 Å². The van der Waals surface area contributed by atoms with Crippen LogP contribution in [0.4, 0.5) is 17.2 Å². The van der Waals surface area contributed by atoms with E-state index in [4.69, 9.17) is 34.8 Å². The van der Waals surface area contributed by atoms with Gasteiger partial charge in [0.2, 0.25) is 0 Å². The van der Waals surface area contributed by atoms with Crippen molar-refractivity contribution in [2.75, 3.05) is 10.5 Å². The molecule has 2 aromatic carbocycles. The lowest BCUT2D eigenvalue weighted by Gasteiger charge is -2.23. The van der Waals surface area contributed by atoms with E-state index in [0.29, 0.717) is 43.1 Å². The fraction of sp³-hybridized carbons (Fsp3) is 0. The van der Waals surface area contributed by atoms with E-state index in [-0.39, 0.29) is 10.9 Å². The van der Waals surface area contributed by atoms with Gasteiger partial charge in [-0.05, 0) is 24.3 Å². The number of aromatic nitrogens is 3. The van der Waals surface area contributed by atoms with Crippen LogP contribution in [0.5, 0.6) is 0 Å². The van der Waals surface area contributed by atoms with E-state index in [1.54, 1.807) is 34.9 Å². The average Bonchev–Trinajstić information content (AvgIpc) is 3.07. The minimum absolute atomic E-state index is 0.0482. The summed E-state index contributed by atoms with van der Waals surface area (Å²) in [7, 11) is 0. The van der Waals surface area contributed by atoms with Gasteiger partial charge in [0.25, 0.3) is 0 Å². The van der Waals surface area contributed by atoms with Crippen molar-refractivity contribution in [1.29, 1.82) is 0 Å². The number of anilines is 3. The lowest BCUT2D eigenvalue weighted by Crippen LogP contribution is -2.10. The Labute approximate surface area is 161 Å². The molecule has 10 heteroatoms. The summed E-state index contributed by atoms with van der Waals surface area (Å²) in [6.45, 7) is 0. The lowest BCUT2D eigenvalue weighted by molar-refractivity contribution is 0.297. The number of nitrogens with zero attached hydrogens (tertiary/aromatic N) is 4. The molecular weight excluding hydrogens is 401 g/mol. The van der Waals surface area contributed by atoms with Crippen molar-refractivity contribution in [3.05, 3.63) is 63.1 Å². The topological polar surface area (TPSA) is 88.8 Å². The lowest BCUT2D eigenvalue weighted by atomic mass is 10.2. The van der Waals surface area contributed by atoms with Gasteiger partial charge in [-0.1, -0.05) is 40.9 Å².